The molecule has 0 spiro atoms. The van der Waals surface area contributed by atoms with Crippen LogP contribution in [0.1, 0.15) is 17.4 Å². The average molecular weight is 348 g/mol. The number of nitrogens with zero attached hydrogens (tertiary/aromatic N) is 4. The van der Waals surface area contributed by atoms with Crippen molar-refractivity contribution in [3.63, 3.8) is 0 Å². The molecule has 0 unspecified atom stereocenters. The minimum absolute atomic E-state index is 0.0850. The van der Waals surface area contributed by atoms with Crippen LogP contribution in [-0.2, 0) is 10.0 Å². The Morgan fingerprint density at radius 3 is 2.42 bits per heavy atom. The molecule has 128 valence electrons. The maximum atomic E-state index is 12.8. The first-order valence-corrected chi connectivity index (χ1v) is 9.48. The predicted octanol–water partition coefficient (Wildman–Crippen LogP) is 0.980. The third kappa shape index (κ3) is 3.20. The zero-order valence-electron chi connectivity index (χ0n) is 13.5. The van der Waals surface area contributed by atoms with Crippen LogP contribution in [0.2, 0.25) is 0 Å². The van der Waals surface area contributed by atoms with Crippen molar-refractivity contribution in [3.05, 3.63) is 48.5 Å². The van der Waals surface area contributed by atoms with Gasteiger partial charge in [0.25, 0.3) is 5.91 Å². The van der Waals surface area contributed by atoms with Crippen LogP contribution in [0.3, 0.4) is 0 Å². The van der Waals surface area contributed by atoms with Gasteiger partial charge < -0.3 is 4.90 Å². The molecule has 2 heterocycles. The Bertz CT molecular complexity index is 809. The summed E-state index contributed by atoms with van der Waals surface area (Å²) in [5.41, 5.74) is 1.35. The Kier molecular flexibility index (Phi) is 4.68. The van der Waals surface area contributed by atoms with Crippen LogP contribution >= 0.6 is 0 Å². The van der Waals surface area contributed by atoms with Crippen LogP contribution in [0.4, 0.5) is 0 Å². The zero-order chi connectivity index (χ0) is 17.2. The first-order chi connectivity index (χ1) is 11.5. The fourth-order valence-corrected chi connectivity index (χ4v) is 3.85. The van der Waals surface area contributed by atoms with Crippen LogP contribution in [0, 0.1) is 0 Å². The molecule has 1 aliphatic heterocycles. The summed E-state index contributed by atoms with van der Waals surface area (Å²) in [4.78, 5) is 18.5. The highest BCUT2D eigenvalue weighted by molar-refractivity contribution is 7.89. The highest BCUT2D eigenvalue weighted by atomic mass is 32.2. The van der Waals surface area contributed by atoms with Gasteiger partial charge in [0.15, 0.2) is 0 Å². The molecule has 0 radical (unpaired) electrons. The SMILES string of the molecule is CCS(=O)(=O)N1CCN(C(=O)c2cncn2-c2ccccc2)CC1. The van der Waals surface area contributed by atoms with Crippen molar-refractivity contribution in [2.24, 2.45) is 0 Å². The lowest BCUT2D eigenvalue weighted by atomic mass is 10.3. The number of piperazine rings is 1. The summed E-state index contributed by atoms with van der Waals surface area (Å²) in [6.07, 6.45) is 3.16. The van der Waals surface area contributed by atoms with Gasteiger partial charge in [0.2, 0.25) is 10.0 Å². The highest BCUT2D eigenvalue weighted by Gasteiger charge is 2.29. The van der Waals surface area contributed by atoms with E-state index in [2.05, 4.69) is 4.98 Å². The number of para-hydroxylation sites is 1. The summed E-state index contributed by atoms with van der Waals surface area (Å²) >= 11 is 0. The van der Waals surface area contributed by atoms with Crippen LogP contribution in [0.5, 0.6) is 0 Å². The number of imidazole rings is 1. The summed E-state index contributed by atoms with van der Waals surface area (Å²) in [6.45, 7) is 3.07. The fourth-order valence-electron chi connectivity index (χ4n) is 2.76. The van der Waals surface area contributed by atoms with E-state index in [1.807, 2.05) is 30.3 Å². The van der Waals surface area contributed by atoms with E-state index in [1.54, 1.807) is 28.9 Å². The molecule has 0 saturated carbocycles. The van der Waals surface area contributed by atoms with Gasteiger partial charge >= 0.3 is 0 Å². The van der Waals surface area contributed by atoms with E-state index in [0.717, 1.165) is 5.69 Å². The van der Waals surface area contributed by atoms with Gasteiger partial charge in [0, 0.05) is 31.9 Å². The first-order valence-electron chi connectivity index (χ1n) is 7.88. The molecule has 1 amide bonds. The standard InChI is InChI=1S/C16H20N4O3S/c1-2-24(22,23)19-10-8-18(9-11-19)16(21)15-12-17-13-20(15)14-6-4-3-5-7-14/h3-7,12-13H,2,8-11H2,1H3. The molecular weight excluding hydrogens is 328 g/mol. The number of rotatable bonds is 4. The van der Waals surface area contributed by atoms with Crippen molar-refractivity contribution in [1.82, 2.24) is 18.8 Å². The lowest BCUT2D eigenvalue weighted by Gasteiger charge is -2.33. The molecule has 3 rings (SSSR count). The number of amides is 1. The Balaban J connectivity index is 1.75. The van der Waals surface area contributed by atoms with Crippen molar-refractivity contribution in [1.29, 1.82) is 0 Å². The van der Waals surface area contributed by atoms with Gasteiger partial charge in [-0.15, -0.1) is 0 Å². The maximum absolute atomic E-state index is 12.8. The molecule has 0 atom stereocenters. The van der Waals surface area contributed by atoms with Gasteiger partial charge in [-0.25, -0.2) is 13.4 Å². The minimum Gasteiger partial charge on any atom is -0.335 e. The second-order valence-electron chi connectivity index (χ2n) is 5.58. The monoisotopic (exact) mass is 348 g/mol. The molecule has 1 aliphatic rings. The molecule has 1 saturated heterocycles. The quantitative estimate of drug-likeness (QED) is 0.825. The molecule has 0 aliphatic carbocycles. The van der Waals surface area contributed by atoms with Gasteiger partial charge in [0.1, 0.15) is 5.69 Å². The van der Waals surface area contributed by atoms with Gasteiger partial charge in [-0.3, -0.25) is 9.36 Å². The van der Waals surface area contributed by atoms with E-state index in [0.29, 0.717) is 31.9 Å². The molecule has 1 aromatic carbocycles. The number of benzene rings is 1. The predicted molar refractivity (Wildman–Crippen MR) is 90.5 cm³/mol. The fraction of sp³-hybridized carbons (Fsp3) is 0.375. The summed E-state index contributed by atoms with van der Waals surface area (Å²) in [5.74, 6) is -0.0493. The van der Waals surface area contributed by atoms with Crippen molar-refractivity contribution in [2.75, 3.05) is 31.9 Å². The number of sulfonamides is 1. The largest absolute Gasteiger partial charge is 0.335 e. The number of hydrogen-bond acceptors (Lipinski definition) is 4. The summed E-state index contributed by atoms with van der Waals surface area (Å²) in [5, 5.41) is 0. The molecule has 1 aromatic heterocycles. The molecule has 0 bridgehead atoms. The van der Waals surface area contributed by atoms with E-state index in [4.69, 9.17) is 0 Å². The highest BCUT2D eigenvalue weighted by Crippen LogP contribution is 2.15. The molecule has 1 fully saturated rings. The average Bonchev–Trinajstić information content (AvgIpc) is 3.11. The van der Waals surface area contributed by atoms with Crippen LogP contribution in [0.15, 0.2) is 42.9 Å². The van der Waals surface area contributed by atoms with Crippen LogP contribution in [0.25, 0.3) is 5.69 Å². The second kappa shape index (κ2) is 6.74. The second-order valence-corrected chi connectivity index (χ2v) is 7.83. The minimum atomic E-state index is -3.20. The first kappa shape index (κ1) is 16.7. The molecule has 24 heavy (non-hydrogen) atoms. The Morgan fingerprint density at radius 2 is 1.79 bits per heavy atom. The van der Waals surface area contributed by atoms with Crippen molar-refractivity contribution in [3.8, 4) is 5.69 Å². The summed E-state index contributed by atoms with van der Waals surface area (Å²) in [7, 11) is -3.20. The lowest BCUT2D eigenvalue weighted by molar-refractivity contribution is 0.0690. The summed E-state index contributed by atoms with van der Waals surface area (Å²) < 4.78 is 27.0. The van der Waals surface area contributed by atoms with E-state index in [9.17, 15) is 13.2 Å². The summed E-state index contributed by atoms with van der Waals surface area (Å²) in [6, 6.07) is 9.53. The Hall–Kier alpha value is -2.19. The van der Waals surface area contributed by atoms with Crippen LogP contribution in [-0.4, -0.2) is 65.0 Å². The van der Waals surface area contributed by atoms with Gasteiger partial charge in [0.05, 0.1) is 18.3 Å². The molecular formula is C16H20N4O3S. The van der Waals surface area contributed by atoms with Gasteiger partial charge in [-0.05, 0) is 19.1 Å². The molecule has 0 N–H and O–H groups in total. The van der Waals surface area contributed by atoms with Crippen molar-refractivity contribution in [2.45, 2.75) is 6.92 Å². The third-order valence-corrected chi connectivity index (χ3v) is 6.06. The molecule has 7 nitrogen and oxygen atoms in total. The topological polar surface area (TPSA) is 75.5 Å². The number of carbonyl (C=O) groups excluding carboxylic acids is 1. The smallest absolute Gasteiger partial charge is 0.272 e. The Labute approximate surface area is 141 Å². The van der Waals surface area contributed by atoms with E-state index in [-0.39, 0.29) is 11.7 Å². The number of carbonyl (C=O) groups is 1. The zero-order valence-corrected chi connectivity index (χ0v) is 14.3. The van der Waals surface area contributed by atoms with Gasteiger partial charge in [-0.1, -0.05) is 18.2 Å². The van der Waals surface area contributed by atoms with E-state index < -0.39 is 10.0 Å². The normalized spacial score (nSPS) is 16.3. The van der Waals surface area contributed by atoms with Crippen molar-refractivity contribution >= 4 is 15.9 Å². The third-order valence-electron chi connectivity index (χ3n) is 4.18. The lowest BCUT2D eigenvalue weighted by Crippen LogP contribution is -2.51. The Morgan fingerprint density at radius 1 is 1.12 bits per heavy atom. The molecule has 8 heteroatoms. The van der Waals surface area contributed by atoms with Crippen molar-refractivity contribution < 1.29 is 13.2 Å². The van der Waals surface area contributed by atoms with Gasteiger partial charge in [-0.2, -0.15) is 4.31 Å². The maximum Gasteiger partial charge on any atom is 0.272 e. The molecule has 2 aromatic rings. The van der Waals surface area contributed by atoms with E-state index in [1.165, 1.54) is 4.31 Å². The van der Waals surface area contributed by atoms with Crippen LogP contribution < -0.4 is 0 Å². The number of hydrogen-bond donors (Lipinski definition) is 0. The van der Waals surface area contributed by atoms with E-state index >= 15 is 0 Å². The number of aromatic nitrogens is 2.